The number of terminal acetylenes is 1. The molecule has 24 heavy (non-hydrogen) atoms. The number of hydrogen-bond donors (Lipinski definition) is 1. The van der Waals surface area contributed by atoms with Crippen molar-refractivity contribution in [2.75, 3.05) is 0 Å². The predicted molar refractivity (Wildman–Crippen MR) is 88.2 cm³/mol. The van der Waals surface area contributed by atoms with Crippen LogP contribution in [0.25, 0.3) is 21.9 Å². The van der Waals surface area contributed by atoms with Crippen molar-refractivity contribution in [3.05, 3.63) is 59.7 Å². The third-order valence-electron chi connectivity index (χ3n) is 3.82. The van der Waals surface area contributed by atoms with Crippen LogP contribution in [0.5, 0.6) is 0 Å². The van der Waals surface area contributed by atoms with Crippen LogP contribution < -0.4 is 0 Å². The zero-order chi connectivity index (χ0) is 17.3. The monoisotopic (exact) mass is 324 g/mol. The molecular weight excluding hydrogens is 310 g/mol. The molecule has 2 aromatic carbocycles. The van der Waals surface area contributed by atoms with Gasteiger partial charge in [-0.2, -0.15) is 0 Å². The molecule has 0 bridgehead atoms. The highest BCUT2D eigenvalue weighted by molar-refractivity contribution is 5.88. The Balaban J connectivity index is 2.02. The first-order valence-electron chi connectivity index (χ1n) is 7.33. The van der Waals surface area contributed by atoms with Crippen LogP contribution in [0.4, 0.5) is 8.78 Å². The summed E-state index contributed by atoms with van der Waals surface area (Å²) in [7, 11) is 0. The van der Waals surface area contributed by atoms with Gasteiger partial charge in [0.1, 0.15) is 23.6 Å². The summed E-state index contributed by atoms with van der Waals surface area (Å²) >= 11 is 0. The number of fused-ring (bicyclic) bond motifs is 1. The molecule has 3 aromatic rings. The van der Waals surface area contributed by atoms with E-state index in [-0.39, 0.29) is 17.4 Å². The Bertz CT molecular complexity index is 946. The highest BCUT2D eigenvalue weighted by atomic mass is 19.1. The van der Waals surface area contributed by atoms with Gasteiger partial charge in [0.25, 0.3) is 0 Å². The molecule has 3 nitrogen and oxygen atoms in total. The van der Waals surface area contributed by atoms with Crippen LogP contribution in [0.15, 0.2) is 36.7 Å². The number of nitrogens with zero attached hydrogens (tertiary/aromatic N) is 2. The van der Waals surface area contributed by atoms with Crippen molar-refractivity contribution < 1.29 is 13.9 Å². The average molecular weight is 324 g/mol. The Morgan fingerprint density at radius 2 is 1.92 bits per heavy atom. The standard InChI is InChI=1S/C19H14F2N2O/c1-3-14(24)7-18-22-9-13(10-23-18)15-5-4-12-6-11(2)17(20)8-16(12)19(15)21/h1,4-6,8-10,14,24H,7H2,2H3. The third-order valence-corrected chi connectivity index (χ3v) is 3.82. The number of benzene rings is 2. The lowest BCUT2D eigenvalue weighted by Gasteiger charge is -2.09. The largest absolute Gasteiger partial charge is 0.380 e. The number of halogens is 2. The smallest absolute Gasteiger partial charge is 0.139 e. The molecule has 1 heterocycles. The normalized spacial score (nSPS) is 12.1. The Kier molecular flexibility index (Phi) is 4.24. The summed E-state index contributed by atoms with van der Waals surface area (Å²) in [5.41, 5.74) is 1.22. The first kappa shape index (κ1) is 16.0. The molecule has 0 saturated heterocycles. The van der Waals surface area contributed by atoms with Gasteiger partial charge in [0.05, 0.1) is 0 Å². The number of aliphatic hydroxyl groups excluding tert-OH is 1. The van der Waals surface area contributed by atoms with Crippen LogP contribution >= 0.6 is 0 Å². The molecule has 0 aliphatic rings. The SMILES string of the molecule is C#CC(O)Cc1ncc(-c2ccc3cc(C)c(F)cc3c2F)cn1. The summed E-state index contributed by atoms with van der Waals surface area (Å²) in [6, 6.07) is 6.15. The lowest BCUT2D eigenvalue weighted by molar-refractivity contribution is 0.230. The van der Waals surface area contributed by atoms with Crippen LogP contribution in [0.3, 0.4) is 0 Å². The number of aromatic nitrogens is 2. The second-order valence-corrected chi connectivity index (χ2v) is 5.52. The van der Waals surface area contributed by atoms with Crippen LogP contribution in [0.1, 0.15) is 11.4 Å². The number of hydrogen-bond acceptors (Lipinski definition) is 3. The molecule has 3 rings (SSSR count). The quantitative estimate of drug-likeness (QED) is 0.751. The summed E-state index contributed by atoms with van der Waals surface area (Å²) in [6.45, 7) is 1.64. The summed E-state index contributed by atoms with van der Waals surface area (Å²) in [5.74, 6) is 1.57. The zero-order valence-electron chi connectivity index (χ0n) is 12.9. The van der Waals surface area contributed by atoms with Crippen molar-refractivity contribution in [2.24, 2.45) is 0 Å². The fourth-order valence-electron chi connectivity index (χ4n) is 2.48. The maximum atomic E-state index is 14.7. The van der Waals surface area contributed by atoms with E-state index < -0.39 is 17.7 Å². The number of aliphatic hydroxyl groups is 1. The second-order valence-electron chi connectivity index (χ2n) is 5.52. The molecule has 0 aliphatic carbocycles. The maximum Gasteiger partial charge on any atom is 0.139 e. The van der Waals surface area contributed by atoms with Crippen LogP contribution in [-0.2, 0) is 6.42 Å². The topological polar surface area (TPSA) is 46.0 Å². The number of rotatable bonds is 3. The highest BCUT2D eigenvalue weighted by Crippen LogP contribution is 2.29. The van der Waals surface area contributed by atoms with Gasteiger partial charge in [-0.15, -0.1) is 6.42 Å². The molecular formula is C19H14F2N2O. The molecule has 0 saturated carbocycles. The fraction of sp³-hybridized carbons (Fsp3) is 0.158. The first-order valence-corrected chi connectivity index (χ1v) is 7.33. The Morgan fingerprint density at radius 1 is 1.21 bits per heavy atom. The molecule has 0 spiro atoms. The minimum atomic E-state index is -0.959. The molecule has 1 aromatic heterocycles. The Labute approximate surface area is 138 Å². The van der Waals surface area contributed by atoms with E-state index in [1.807, 2.05) is 0 Å². The Morgan fingerprint density at radius 3 is 2.58 bits per heavy atom. The van der Waals surface area contributed by atoms with Gasteiger partial charge >= 0.3 is 0 Å². The van der Waals surface area contributed by atoms with Gasteiger partial charge in [-0.3, -0.25) is 0 Å². The van der Waals surface area contributed by atoms with E-state index in [0.29, 0.717) is 22.3 Å². The van der Waals surface area contributed by atoms with Crippen molar-refractivity contribution >= 4 is 10.8 Å². The Hall–Kier alpha value is -2.84. The van der Waals surface area contributed by atoms with E-state index in [9.17, 15) is 13.9 Å². The number of aryl methyl sites for hydroxylation is 1. The molecule has 1 N–H and O–H groups in total. The van der Waals surface area contributed by atoms with Crippen molar-refractivity contribution in [1.29, 1.82) is 0 Å². The molecule has 5 heteroatoms. The fourth-order valence-corrected chi connectivity index (χ4v) is 2.48. The van der Waals surface area contributed by atoms with Crippen LogP contribution in [-0.4, -0.2) is 21.2 Å². The molecule has 0 amide bonds. The average Bonchev–Trinajstić information content (AvgIpc) is 2.58. The van der Waals surface area contributed by atoms with Gasteiger partial charge in [-0.1, -0.05) is 18.1 Å². The summed E-state index contributed by atoms with van der Waals surface area (Å²) < 4.78 is 28.5. The van der Waals surface area contributed by atoms with Crippen molar-refractivity contribution in [2.45, 2.75) is 19.4 Å². The minimum Gasteiger partial charge on any atom is -0.380 e. The van der Waals surface area contributed by atoms with E-state index in [1.165, 1.54) is 18.5 Å². The molecule has 1 unspecified atom stereocenters. The van der Waals surface area contributed by atoms with Gasteiger partial charge in [0.2, 0.25) is 0 Å². The molecule has 120 valence electrons. The third kappa shape index (κ3) is 2.97. The van der Waals surface area contributed by atoms with Gasteiger partial charge in [-0.05, 0) is 30.0 Å². The van der Waals surface area contributed by atoms with E-state index >= 15 is 0 Å². The van der Waals surface area contributed by atoms with Crippen molar-refractivity contribution in [3.8, 4) is 23.5 Å². The van der Waals surface area contributed by atoms with Gasteiger partial charge in [-0.25, -0.2) is 18.7 Å². The van der Waals surface area contributed by atoms with Gasteiger partial charge < -0.3 is 5.11 Å². The zero-order valence-corrected chi connectivity index (χ0v) is 12.9. The second kappa shape index (κ2) is 6.34. The maximum absolute atomic E-state index is 14.7. The van der Waals surface area contributed by atoms with Gasteiger partial charge in [0, 0.05) is 35.3 Å². The summed E-state index contributed by atoms with van der Waals surface area (Å²) in [4.78, 5) is 8.18. The molecule has 0 radical (unpaired) electrons. The summed E-state index contributed by atoms with van der Waals surface area (Å²) in [5, 5.41) is 10.2. The van der Waals surface area contributed by atoms with Gasteiger partial charge in [0.15, 0.2) is 0 Å². The van der Waals surface area contributed by atoms with E-state index in [2.05, 4.69) is 15.9 Å². The first-order chi connectivity index (χ1) is 11.5. The van der Waals surface area contributed by atoms with Crippen LogP contribution in [0.2, 0.25) is 0 Å². The van der Waals surface area contributed by atoms with E-state index in [0.717, 1.165) is 0 Å². The molecule has 0 aliphatic heterocycles. The molecule has 0 fully saturated rings. The lowest BCUT2D eigenvalue weighted by Crippen LogP contribution is -2.09. The minimum absolute atomic E-state index is 0.126. The van der Waals surface area contributed by atoms with Crippen molar-refractivity contribution in [3.63, 3.8) is 0 Å². The summed E-state index contributed by atoms with van der Waals surface area (Å²) in [6.07, 6.45) is 7.19. The lowest BCUT2D eigenvalue weighted by atomic mass is 10.0. The van der Waals surface area contributed by atoms with E-state index in [4.69, 9.17) is 6.42 Å². The highest BCUT2D eigenvalue weighted by Gasteiger charge is 2.13. The van der Waals surface area contributed by atoms with Crippen molar-refractivity contribution in [1.82, 2.24) is 9.97 Å². The molecule has 1 atom stereocenters. The van der Waals surface area contributed by atoms with E-state index in [1.54, 1.807) is 25.1 Å². The van der Waals surface area contributed by atoms with Crippen LogP contribution in [0, 0.1) is 30.9 Å². The predicted octanol–water partition coefficient (Wildman–Crippen LogP) is 3.42.